The van der Waals surface area contributed by atoms with E-state index < -0.39 is 24.0 Å². The number of nitrogens with two attached hydrogens (primary N) is 1. The van der Waals surface area contributed by atoms with E-state index in [0.29, 0.717) is 37.9 Å². The van der Waals surface area contributed by atoms with Crippen molar-refractivity contribution in [1.82, 2.24) is 15.2 Å². The minimum Gasteiger partial charge on any atom is -0.481 e. The van der Waals surface area contributed by atoms with E-state index in [2.05, 4.69) is 10.6 Å². The van der Waals surface area contributed by atoms with Crippen LogP contribution in [0.2, 0.25) is 0 Å². The molecule has 0 saturated heterocycles. The van der Waals surface area contributed by atoms with E-state index in [9.17, 15) is 19.5 Å². The molecule has 0 spiro atoms. The Hall–Kier alpha value is -2.87. The number of carbonyl (C=O) groups is 3. The van der Waals surface area contributed by atoms with Crippen LogP contribution >= 0.6 is 0 Å². The number of amides is 2. The van der Waals surface area contributed by atoms with Crippen LogP contribution in [0.15, 0.2) is 24.3 Å². The SMILES string of the molecule is Cc1ccc2c(c1)cc(C(=O)NC(CCCN)C(=O)NC1CCCC1C(=O)O)n2C. The molecule has 1 heterocycles. The van der Waals surface area contributed by atoms with Gasteiger partial charge in [-0.05, 0) is 57.4 Å². The van der Waals surface area contributed by atoms with Gasteiger partial charge in [-0.2, -0.15) is 0 Å². The first-order chi connectivity index (χ1) is 14.3. The van der Waals surface area contributed by atoms with Gasteiger partial charge in [0.15, 0.2) is 0 Å². The summed E-state index contributed by atoms with van der Waals surface area (Å²) in [5.74, 6) is -2.18. The first-order valence-corrected chi connectivity index (χ1v) is 10.4. The summed E-state index contributed by atoms with van der Waals surface area (Å²) in [7, 11) is 1.82. The molecular formula is C22H30N4O4. The predicted molar refractivity (Wildman–Crippen MR) is 114 cm³/mol. The number of hydrogen-bond acceptors (Lipinski definition) is 4. The molecule has 3 atom stereocenters. The maximum Gasteiger partial charge on any atom is 0.308 e. The van der Waals surface area contributed by atoms with Gasteiger partial charge in [0.2, 0.25) is 5.91 Å². The second kappa shape index (κ2) is 9.30. The molecule has 5 N–H and O–H groups in total. The lowest BCUT2D eigenvalue weighted by Crippen LogP contribution is -2.51. The predicted octanol–water partition coefficient (Wildman–Crippen LogP) is 1.69. The summed E-state index contributed by atoms with van der Waals surface area (Å²) in [5.41, 5.74) is 8.11. The van der Waals surface area contributed by atoms with Crippen LogP contribution in [0, 0.1) is 12.8 Å². The second-order valence-corrected chi connectivity index (χ2v) is 8.10. The van der Waals surface area contributed by atoms with Gasteiger partial charge < -0.3 is 26.0 Å². The van der Waals surface area contributed by atoms with Gasteiger partial charge in [0.1, 0.15) is 11.7 Å². The molecule has 2 amide bonds. The summed E-state index contributed by atoms with van der Waals surface area (Å²) in [6.45, 7) is 2.39. The van der Waals surface area contributed by atoms with E-state index >= 15 is 0 Å². The van der Waals surface area contributed by atoms with Crippen LogP contribution < -0.4 is 16.4 Å². The van der Waals surface area contributed by atoms with Crippen molar-refractivity contribution in [3.05, 3.63) is 35.5 Å². The number of carboxylic acids is 1. The Morgan fingerprint density at radius 2 is 2.03 bits per heavy atom. The maximum absolute atomic E-state index is 13.0. The maximum atomic E-state index is 13.0. The first-order valence-electron chi connectivity index (χ1n) is 10.4. The molecule has 2 aromatic rings. The number of carboxylic acid groups (broad SMARTS) is 1. The number of aliphatic carboxylic acids is 1. The zero-order valence-electron chi connectivity index (χ0n) is 17.5. The molecule has 3 rings (SSSR count). The molecule has 1 fully saturated rings. The minimum absolute atomic E-state index is 0.343. The van der Waals surface area contributed by atoms with Gasteiger partial charge in [-0.1, -0.05) is 18.1 Å². The highest BCUT2D eigenvalue weighted by Crippen LogP contribution is 2.26. The summed E-state index contributed by atoms with van der Waals surface area (Å²) in [4.78, 5) is 37.3. The van der Waals surface area contributed by atoms with Crippen molar-refractivity contribution >= 4 is 28.7 Å². The van der Waals surface area contributed by atoms with Gasteiger partial charge in [0.25, 0.3) is 5.91 Å². The second-order valence-electron chi connectivity index (χ2n) is 8.10. The van der Waals surface area contributed by atoms with E-state index in [1.807, 2.05) is 38.2 Å². The van der Waals surface area contributed by atoms with E-state index in [1.54, 1.807) is 4.57 Å². The fraction of sp³-hybridized carbons (Fsp3) is 0.500. The Balaban J connectivity index is 1.75. The summed E-state index contributed by atoms with van der Waals surface area (Å²) in [6.07, 6.45) is 2.90. The fourth-order valence-electron chi connectivity index (χ4n) is 4.22. The smallest absolute Gasteiger partial charge is 0.308 e. The highest BCUT2D eigenvalue weighted by molar-refractivity contribution is 6.01. The van der Waals surface area contributed by atoms with E-state index in [4.69, 9.17) is 5.73 Å². The lowest BCUT2D eigenvalue weighted by Gasteiger charge is -2.23. The van der Waals surface area contributed by atoms with Crippen LogP contribution in [-0.4, -0.2) is 46.1 Å². The van der Waals surface area contributed by atoms with E-state index in [1.165, 1.54) is 0 Å². The van der Waals surface area contributed by atoms with Crippen LogP contribution in [0.3, 0.4) is 0 Å². The number of rotatable bonds is 8. The Morgan fingerprint density at radius 1 is 1.27 bits per heavy atom. The van der Waals surface area contributed by atoms with E-state index in [-0.39, 0.29) is 11.8 Å². The Labute approximate surface area is 175 Å². The first kappa shape index (κ1) is 21.8. The van der Waals surface area contributed by atoms with Crippen molar-refractivity contribution in [2.75, 3.05) is 6.54 Å². The third-order valence-corrected chi connectivity index (χ3v) is 5.91. The molecule has 1 saturated carbocycles. The van der Waals surface area contributed by atoms with Crippen LogP contribution in [0.5, 0.6) is 0 Å². The average molecular weight is 415 g/mol. The Morgan fingerprint density at radius 3 is 2.73 bits per heavy atom. The molecule has 8 heteroatoms. The van der Waals surface area contributed by atoms with Crippen LogP contribution in [0.4, 0.5) is 0 Å². The fourth-order valence-corrected chi connectivity index (χ4v) is 4.22. The van der Waals surface area contributed by atoms with Crippen LogP contribution in [0.25, 0.3) is 10.9 Å². The summed E-state index contributed by atoms with van der Waals surface area (Å²) in [5, 5.41) is 16.0. The molecule has 0 aliphatic heterocycles. The molecule has 1 aromatic heterocycles. The quantitative estimate of drug-likeness (QED) is 0.523. The molecule has 30 heavy (non-hydrogen) atoms. The highest BCUT2D eigenvalue weighted by Gasteiger charge is 2.35. The standard InChI is InChI=1S/C22H30N4O4/c1-13-8-9-18-14(11-13)12-19(26(18)2)21(28)25-17(7-4-10-23)20(27)24-16-6-3-5-15(16)22(29)30/h8-9,11-12,15-17H,3-7,10,23H2,1-2H3,(H,24,27)(H,25,28)(H,29,30). The van der Waals surface area contributed by atoms with Crippen molar-refractivity contribution in [2.45, 2.75) is 51.1 Å². The van der Waals surface area contributed by atoms with E-state index in [0.717, 1.165) is 22.9 Å². The molecular weight excluding hydrogens is 384 g/mol. The normalized spacial score (nSPS) is 19.6. The van der Waals surface area contributed by atoms with Gasteiger partial charge >= 0.3 is 5.97 Å². The molecule has 8 nitrogen and oxygen atoms in total. The van der Waals surface area contributed by atoms with Crippen LogP contribution in [-0.2, 0) is 16.6 Å². The lowest BCUT2D eigenvalue weighted by molar-refractivity contribution is -0.142. The number of hydrogen-bond donors (Lipinski definition) is 4. The average Bonchev–Trinajstić information content (AvgIpc) is 3.29. The number of aromatic nitrogens is 1. The molecule has 0 bridgehead atoms. The Bertz CT molecular complexity index is 952. The van der Waals surface area contributed by atoms with Crippen molar-refractivity contribution in [3.63, 3.8) is 0 Å². The molecule has 1 aliphatic rings. The third kappa shape index (κ3) is 4.64. The zero-order valence-corrected chi connectivity index (χ0v) is 17.5. The minimum atomic E-state index is -0.897. The van der Waals surface area contributed by atoms with Crippen LogP contribution in [0.1, 0.15) is 48.2 Å². The number of nitrogens with one attached hydrogen (secondary N) is 2. The van der Waals surface area contributed by atoms with Crippen molar-refractivity contribution in [3.8, 4) is 0 Å². The van der Waals surface area contributed by atoms with Crippen molar-refractivity contribution in [1.29, 1.82) is 0 Å². The number of aryl methyl sites for hydroxylation is 2. The number of fused-ring (bicyclic) bond motifs is 1. The molecule has 1 aliphatic carbocycles. The number of benzene rings is 1. The highest BCUT2D eigenvalue weighted by atomic mass is 16.4. The summed E-state index contributed by atoms with van der Waals surface area (Å²) >= 11 is 0. The molecule has 0 radical (unpaired) electrons. The van der Waals surface area contributed by atoms with Crippen molar-refractivity contribution < 1.29 is 19.5 Å². The number of nitrogens with zero attached hydrogens (tertiary/aromatic N) is 1. The van der Waals surface area contributed by atoms with Gasteiger partial charge in [-0.25, -0.2) is 0 Å². The van der Waals surface area contributed by atoms with Gasteiger partial charge in [0.05, 0.1) is 5.92 Å². The zero-order chi connectivity index (χ0) is 21.8. The Kier molecular flexibility index (Phi) is 6.77. The topological polar surface area (TPSA) is 126 Å². The lowest BCUT2D eigenvalue weighted by atomic mass is 10.0. The monoisotopic (exact) mass is 414 g/mol. The van der Waals surface area contributed by atoms with Crippen molar-refractivity contribution in [2.24, 2.45) is 18.7 Å². The molecule has 162 valence electrons. The third-order valence-electron chi connectivity index (χ3n) is 5.91. The summed E-state index contributed by atoms with van der Waals surface area (Å²) < 4.78 is 1.80. The van der Waals surface area contributed by atoms with Gasteiger partial charge in [-0.3, -0.25) is 14.4 Å². The van der Waals surface area contributed by atoms with Gasteiger partial charge in [-0.15, -0.1) is 0 Å². The summed E-state index contributed by atoms with van der Waals surface area (Å²) in [6, 6.07) is 6.60. The molecule has 1 aromatic carbocycles. The number of carbonyl (C=O) groups excluding carboxylic acids is 2. The molecule has 3 unspecified atom stereocenters. The van der Waals surface area contributed by atoms with Gasteiger partial charge in [0, 0.05) is 24.0 Å². The largest absolute Gasteiger partial charge is 0.481 e.